The Labute approximate surface area is 124 Å². The molecule has 0 saturated heterocycles. The standard InChI is InChI=1S/C12H17BrN2O3S/c1-3-15(7-8-5-6-9(13)19-8)11(16)10(14)12(17)18-4-2/h5-6,10H,3-4,7,14H2,1-2H3. The van der Waals surface area contributed by atoms with Crippen molar-refractivity contribution in [3.63, 3.8) is 0 Å². The van der Waals surface area contributed by atoms with Gasteiger partial charge in [0.2, 0.25) is 0 Å². The van der Waals surface area contributed by atoms with Crippen molar-refractivity contribution in [3.8, 4) is 0 Å². The quantitative estimate of drug-likeness (QED) is 0.627. The van der Waals surface area contributed by atoms with Gasteiger partial charge in [0.15, 0.2) is 6.04 Å². The molecular formula is C12H17BrN2O3S. The Morgan fingerprint density at radius 3 is 2.63 bits per heavy atom. The van der Waals surface area contributed by atoms with Crippen molar-refractivity contribution < 1.29 is 14.3 Å². The predicted molar refractivity (Wildman–Crippen MR) is 77.7 cm³/mol. The molecule has 1 aromatic heterocycles. The predicted octanol–water partition coefficient (Wildman–Crippen LogP) is 1.75. The van der Waals surface area contributed by atoms with Crippen molar-refractivity contribution in [2.45, 2.75) is 26.4 Å². The number of rotatable bonds is 6. The third kappa shape index (κ3) is 4.59. The van der Waals surface area contributed by atoms with Gasteiger partial charge in [-0.3, -0.25) is 4.79 Å². The summed E-state index contributed by atoms with van der Waals surface area (Å²) in [5.41, 5.74) is 5.61. The van der Waals surface area contributed by atoms with Gasteiger partial charge in [-0.1, -0.05) is 0 Å². The molecule has 1 rings (SSSR count). The molecule has 0 fully saturated rings. The van der Waals surface area contributed by atoms with E-state index >= 15 is 0 Å². The molecular weight excluding hydrogens is 332 g/mol. The number of nitrogens with two attached hydrogens (primary N) is 1. The van der Waals surface area contributed by atoms with Crippen molar-refractivity contribution in [3.05, 3.63) is 20.8 Å². The lowest BCUT2D eigenvalue weighted by Crippen LogP contribution is -2.48. The van der Waals surface area contributed by atoms with Crippen LogP contribution >= 0.6 is 27.3 Å². The van der Waals surface area contributed by atoms with Crippen molar-refractivity contribution in [1.29, 1.82) is 0 Å². The third-order valence-corrected chi connectivity index (χ3v) is 4.08. The van der Waals surface area contributed by atoms with E-state index in [-0.39, 0.29) is 6.61 Å². The monoisotopic (exact) mass is 348 g/mol. The SMILES string of the molecule is CCOC(=O)C(N)C(=O)N(CC)Cc1ccc(Br)s1. The van der Waals surface area contributed by atoms with Crippen LogP contribution in [-0.4, -0.2) is 36.0 Å². The zero-order chi connectivity index (χ0) is 14.4. The van der Waals surface area contributed by atoms with Gasteiger partial charge >= 0.3 is 5.97 Å². The number of likely N-dealkylation sites (N-methyl/N-ethyl adjacent to an activating group) is 1. The molecule has 1 heterocycles. The van der Waals surface area contributed by atoms with E-state index in [9.17, 15) is 9.59 Å². The van der Waals surface area contributed by atoms with Gasteiger partial charge in [-0.25, -0.2) is 4.79 Å². The lowest BCUT2D eigenvalue weighted by molar-refractivity contribution is -0.151. The summed E-state index contributed by atoms with van der Waals surface area (Å²) < 4.78 is 5.76. The maximum atomic E-state index is 12.1. The average molecular weight is 349 g/mol. The number of carbonyl (C=O) groups is 2. The second-order valence-corrected chi connectivity index (χ2v) is 6.34. The van der Waals surface area contributed by atoms with Crippen LogP contribution in [0.2, 0.25) is 0 Å². The Kier molecular flexibility index (Phi) is 6.47. The number of thiophene rings is 1. The fourth-order valence-electron chi connectivity index (χ4n) is 1.50. The Morgan fingerprint density at radius 1 is 1.47 bits per heavy atom. The fraction of sp³-hybridized carbons (Fsp3) is 0.500. The first-order valence-electron chi connectivity index (χ1n) is 5.94. The van der Waals surface area contributed by atoms with Crippen LogP contribution in [0.1, 0.15) is 18.7 Å². The minimum atomic E-state index is -1.25. The highest BCUT2D eigenvalue weighted by atomic mass is 79.9. The highest BCUT2D eigenvalue weighted by molar-refractivity contribution is 9.11. The lowest BCUT2D eigenvalue weighted by atomic mass is 10.2. The number of halogens is 1. The molecule has 5 nitrogen and oxygen atoms in total. The van der Waals surface area contributed by atoms with Crippen molar-refractivity contribution in [2.75, 3.05) is 13.2 Å². The van der Waals surface area contributed by atoms with Crippen LogP contribution in [-0.2, 0) is 20.9 Å². The second kappa shape index (κ2) is 7.62. The number of carbonyl (C=O) groups excluding carboxylic acids is 2. The van der Waals surface area contributed by atoms with Crippen LogP contribution in [0.5, 0.6) is 0 Å². The zero-order valence-corrected chi connectivity index (χ0v) is 13.3. The average Bonchev–Trinajstić information content (AvgIpc) is 2.80. The minimum Gasteiger partial charge on any atom is -0.464 e. The van der Waals surface area contributed by atoms with E-state index in [1.807, 2.05) is 19.1 Å². The second-order valence-electron chi connectivity index (χ2n) is 3.79. The Bertz CT molecular complexity index is 450. The molecule has 2 N–H and O–H groups in total. The first-order valence-corrected chi connectivity index (χ1v) is 7.55. The summed E-state index contributed by atoms with van der Waals surface area (Å²) in [4.78, 5) is 26.1. The Balaban J connectivity index is 2.68. The smallest absolute Gasteiger partial charge is 0.332 e. The molecule has 1 amide bonds. The van der Waals surface area contributed by atoms with Crippen molar-refractivity contribution in [2.24, 2.45) is 5.73 Å². The molecule has 1 unspecified atom stereocenters. The number of amides is 1. The van der Waals surface area contributed by atoms with Crippen LogP contribution in [0.4, 0.5) is 0 Å². The molecule has 0 radical (unpaired) electrons. The van der Waals surface area contributed by atoms with Gasteiger partial charge in [-0.2, -0.15) is 0 Å². The first kappa shape index (κ1) is 16.1. The topological polar surface area (TPSA) is 72.6 Å². The molecule has 0 aliphatic rings. The first-order chi connectivity index (χ1) is 8.99. The molecule has 7 heteroatoms. The van der Waals surface area contributed by atoms with Gasteiger partial charge < -0.3 is 15.4 Å². The maximum Gasteiger partial charge on any atom is 0.332 e. The van der Waals surface area contributed by atoms with Gasteiger partial charge in [0.05, 0.1) is 16.9 Å². The van der Waals surface area contributed by atoms with Crippen molar-refractivity contribution in [1.82, 2.24) is 4.90 Å². The molecule has 19 heavy (non-hydrogen) atoms. The fourth-order valence-corrected chi connectivity index (χ4v) is 3.00. The van der Waals surface area contributed by atoms with E-state index in [4.69, 9.17) is 10.5 Å². The van der Waals surface area contributed by atoms with E-state index in [1.165, 1.54) is 0 Å². The molecule has 0 spiro atoms. The minimum absolute atomic E-state index is 0.212. The number of nitrogens with zero attached hydrogens (tertiary/aromatic N) is 1. The molecule has 0 aliphatic carbocycles. The van der Waals surface area contributed by atoms with E-state index < -0.39 is 17.9 Å². The van der Waals surface area contributed by atoms with E-state index in [0.29, 0.717) is 13.1 Å². The van der Waals surface area contributed by atoms with Gasteiger partial charge in [0.1, 0.15) is 0 Å². The van der Waals surface area contributed by atoms with Gasteiger partial charge in [-0.15, -0.1) is 11.3 Å². The summed E-state index contributed by atoms with van der Waals surface area (Å²) in [6.07, 6.45) is 0. The van der Waals surface area contributed by atoms with Crippen molar-refractivity contribution >= 4 is 39.1 Å². The summed E-state index contributed by atoms with van der Waals surface area (Å²) >= 11 is 4.91. The third-order valence-electron chi connectivity index (χ3n) is 2.48. The molecule has 1 atom stereocenters. The molecule has 0 aromatic carbocycles. The van der Waals surface area contributed by atoms with Gasteiger partial charge in [0, 0.05) is 11.4 Å². The number of hydrogen-bond donors (Lipinski definition) is 1. The van der Waals surface area contributed by atoms with E-state index in [0.717, 1.165) is 8.66 Å². The largest absolute Gasteiger partial charge is 0.464 e. The van der Waals surface area contributed by atoms with E-state index in [1.54, 1.807) is 23.2 Å². The number of ether oxygens (including phenoxy) is 1. The maximum absolute atomic E-state index is 12.1. The van der Waals surface area contributed by atoms with Crippen LogP contribution in [0, 0.1) is 0 Å². The number of esters is 1. The Morgan fingerprint density at radius 2 is 2.16 bits per heavy atom. The normalized spacial score (nSPS) is 12.0. The summed E-state index contributed by atoms with van der Waals surface area (Å²) in [6.45, 7) is 4.66. The molecule has 1 aromatic rings. The summed E-state index contributed by atoms with van der Waals surface area (Å²) in [6, 6.07) is 2.60. The van der Waals surface area contributed by atoms with Crippen LogP contribution in [0.3, 0.4) is 0 Å². The summed E-state index contributed by atoms with van der Waals surface area (Å²) in [5.74, 6) is -1.09. The molecule has 0 aliphatic heterocycles. The summed E-state index contributed by atoms with van der Waals surface area (Å²) in [5, 5.41) is 0. The molecule has 0 bridgehead atoms. The zero-order valence-electron chi connectivity index (χ0n) is 10.9. The molecule has 0 saturated carbocycles. The number of hydrogen-bond acceptors (Lipinski definition) is 5. The van der Waals surface area contributed by atoms with Gasteiger partial charge in [-0.05, 0) is 41.9 Å². The lowest BCUT2D eigenvalue weighted by Gasteiger charge is -2.22. The Hall–Kier alpha value is -0.920. The van der Waals surface area contributed by atoms with Crippen LogP contribution in [0.25, 0.3) is 0 Å². The molecule has 106 valence electrons. The highest BCUT2D eigenvalue weighted by Crippen LogP contribution is 2.23. The summed E-state index contributed by atoms with van der Waals surface area (Å²) in [7, 11) is 0. The van der Waals surface area contributed by atoms with Crippen LogP contribution in [0.15, 0.2) is 15.9 Å². The highest BCUT2D eigenvalue weighted by Gasteiger charge is 2.27. The van der Waals surface area contributed by atoms with Gasteiger partial charge in [0.25, 0.3) is 5.91 Å². The van der Waals surface area contributed by atoms with Crippen LogP contribution < -0.4 is 5.73 Å². The van der Waals surface area contributed by atoms with E-state index in [2.05, 4.69) is 15.9 Å².